The van der Waals surface area contributed by atoms with Gasteiger partial charge >= 0.3 is 5.97 Å². The van der Waals surface area contributed by atoms with Crippen molar-refractivity contribution in [1.29, 1.82) is 0 Å². The van der Waals surface area contributed by atoms with Crippen molar-refractivity contribution >= 4 is 11.7 Å². The van der Waals surface area contributed by atoms with E-state index in [1.165, 1.54) is 12.1 Å². The summed E-state index contributed by atoms with van der Waals surface area (Å²) in [6, 6.07) is 5.00. The van der Waals surface area contributed by atoms with Crippen molar-refractivity contribution in [2.75, 3.05) is 11.9 Å². The Balaban J connectivity index is 1.97. The largest absolute Gasteiger partial charge is 0.466 e. The lowest BCUT2D eigenvalue weighted by Crippen LogP contribution is -2.32. The number of esters is 1. The molecular formula is C16H22FNO2. The van der Waals surface area contributed by atoms with E-state index in [2.05, 4.69) is 5.32 Å². The Hall–Kier alpha value is -1.58. The molecule has 2 atom stereocenters. The summed E-state index contributed by atoms with van der Waals surface area (Å²) in [5, 5.41) is 3.43. The molecule has 0 bridgehead atoms. The highest BCUT2D eigenvalue weighted by Gasteiger charge is 2.28. The molecule has 1 aliphatic carbocycles. The second-order valence-corrected chi connectivity index (χ2v) is 5.42. The molecule has 1 aromatic carbocycles. The van der Waals surface area contributed by atoms with Gasteiger partial charge in [0.05, 0.1) is 12.5 Å². The van der Waals surface area contributed by atoms with E-state index >= 15 is 0 Å². The number of benzene rings is 1. The van der Waals surface area contributed by atoms with Crippen LogP contribution in [0.4, 0.5) is 10.1 Å². The number of hydrogen-bond acceptors (Lipinski definition) is 3. The van der Waals surface area contributed by atoms with Gasteiger partial charge in [-0.05, 0) is 56.9 Å². The molecule has 0 amide bonds. The third-order valence-electron chi connectivity index (χ3n) is 3.84. The number of aryl methyl sites for hydroxylation is 1. The van der Waals surface area contributed by atoms with Gasteiger partial charge in [-0.15, -0.1) is 0 Å². The first-order valence-electron chi connectivity index (χ1n) is 7.29. The van der Waals surface area contributed by atoms with Crippen molar-refractivity contribution in [3.63, 3.8) is 0 Å². The minimum absolute atomic E-state index is 0.0121. The summed E-state index contributed by atoms with van der Waals surface area (Å²) in [5.41, 5.74) is 1.84. The molecule has 1 fully saturated rings. The van der Waals surface area contributed by atoms with Crippen LogP contribution in [0.15, 0.2) is 18.2 Å². The van der Waals surface area contributed by atoms with E-state index in [9.17, 15) is 9.18 Å². The lowest BCUT2D eigenvalue weighted by Gasteiger charge is -2.29. The highest BCUT2D eigenvalue weighted by Crippen LogP contribution is 2.28. The van der Waals surface area contributed by atoms with Crippen molar-refractivity contribution in [1.82, 2.24) is 0 Å². The van der Waals surface area contributed by atoms with E-state index in [1.807, 2.05) is 13.8 Å². The first kappa shape index (κ1) is 14.8. The number of halogens is 1. The molecule has 1 saturated carbocycles. The average molecular weight is 279 g/mol. The predicted molar refractivity (Wildman–Crippen MR) is 77.1 cm³/mol. The smallest absolute Gasteiger partial charge is 0.308 e. The minimum atomic E-state index is -0.221. The Morgan fingerprint density at radius 1 is 1.45 bits per heavy atom. The standard InChI is InChI=1S/C16H22FNO2/c1-3-20-16(19)12-5-4-6-14(10-12)18-15-8-7-13(17)9-11(15)2/h7-9,12,14,18H,3-6,10H2,1-2H3. The molecule has 0 heterocycles. The number of ether oxygens (including phenoxy) is 1. The maximum Gasteiger partial charge on any atom is 0.308 e. The zero-order valence-corrected chi connectivity index (χ0v) is 12.1. The fourth-order valence-electron chi connectivity index (χ4n) is 2.80. The minimum Gasteiger partial charge on any atom is -0.466 e. The van der Waals surface area contributed by atoms with Crippen molar-refractivity contribution in [2.24, 2.45) is 5.92 Å². The zero-order valence-electron chi connectivity index (χ0n) is 12.1. The van der Waals surface area contributed by atoms with E-state index < -0.39 is 0 Å². The Kier molecular flexibility index (Phi) is 4.99. The quantitative estimate of drug-likeness (QED) is 0.855. The normalized spacial score (nSPS) is 22.4. The molecule has 0 spiro atoms. The number of carbonyl (C=O) groups is 1. The molecule has 1 N–H and O–H groups in total. The van der Waals surface area contributed by atoms with Crippen molar-refractivity contribution in [3.05, 3.63) is 29.6 Å². The molecule has 0 saturated heterocycles. The number of carbonyl (C=O) groups excluding carboxylic acids is 1. The van der Waals surface area contributed by atoms with E-state index in [-0.39, 0.29) is 23.7 Å². The summed E-state index contributed by atoms with van der Waals surface area (Å²) < 4.78 is 18.2. The highest BCUT2D eigenvalue weighted by molar-refractivity contribution is 5.72. The van der Waals surface area contributed by atoms with Crippen LogP contribution in [0.2, 0.25) is 0 Å². The zero-order chi connectivity index (χ0) is 14.5. The number of rotatable bonds is 4. The number of anilines is 1. The highest BCUT2D eigenvalue weighted by atomic mass is 19.1. The van der Waals surface area contributed by atoms with Crippen LogP contribution in [0.25, 0.3) is 0 Å². The first-order chi connectivity index (χ1) is 9.60. The molecule has 0 aliphatic heterocycles. The third kappa shape index (κ3) is 3.71. The second-order valence-electron chi connectivity index (χ2n) is 5.42. The van der Waals surface area contributed by atoms with Gasteiger partial charge in [0.15, 0.2) is 0 Å². The topological polar surface area (TPSA) is 38.3 Å². The summed E-state index contributed by atoms with van der Waals surface area (Å²) in [4.78, 5) is 11.8. The van der Waals surface area contributed by atoms with E-state index in [4.69, 9.17) is 4.74 Å². The molecule has 3 nitrogen and oxygen atoms in total. The Morgan fingerprint density at radius 2 is 2.25 bits per heavy atom. The van der Waals surface area contributed by atoms with Crippen LogP contribution in [0.3, 0.4) is 0 Å². The lowest BCUT2D eigenvalue weighted by atomic mass is 9.85. The van der Waals surface area contributed by atoms with Crippen molar-refractivity contribution in [2.45, 2.75) is 45.6 Å². The fourth-order valence-corrected chi connectivity index (χ4v) is 2.80. The molecule has 4 heteroatoms. The van der Waals surface area contributed by atoms with Crippen LogP contribution < -0.4 is 5.32 Å². The summed E-state index contributed by atoms with van der Waals surface area (Å²) in [6.45, 7) is 4.15. The van der Waals surface area contributed by atoms with Gasteiger partial charge in [-0.2, -0.15) is 0 Å². The van der Waals surface area contributed by atoms with Gasteiger partial charge < -0.3 is 10.1 Å². The lowest BCUT2D eigenvalue weighted by molar-refractivity contribution is -0.149. The van der Waals surface area contributed by atoms with Crippen LogP contribution in [0.1, 0.15) is 38.2 Å². The van der Waals surface area contributed by atoms with Gasteiger partial charge in [0, 0.05) is 11.7 Å². The summed E-state index contributed by atoms with van der Waals surface area (Å²) in [6.07, 6.45) is 3.74. The molecular weight excluding hydrogens is 257 g/mol. The van der Waals surface area contributed by atoms with E-state index in [1.54, 1.807) is 6.07 Å². The summed E-state index contributed by atoms with van der Waals surface area (Å²) >= 11 is 0. The number of hydrogen-bond donors (Lipinski definition) is 1. The van der Waals surface area contributed by atoms with E-state index in [0.717, 1.165) is 36.9 Å². The van der Waals surface area contributed by atoms with Gasteiger partial charge in [0.25, 0.3) is 0 Å². The van der Waals surface area contributed by atoms with Crippen LogP contribution >= 0.6 is 0 Å². The predicted octanol–water partition coefficient (Wildman–Crippen LogP) is 3.67. The summed E-state index contributed by atoms with van der Waals surface area (Å²) in [5.74, 6) is -0.321. The van der Waals surface area contributed by atoms with Crippen LogP contribution in [0.5, 0.6) is 0 Å². The van der Waals surface area contributed by atoms with Gasteiger partial charge in [-0.3, -0.25) is 4.79 Å². The monoisotopic (exact) mass is 279 g/mol. The maximum absolute atomic E-state index is 13.1. The SMILES string of the molecule is CCOC(=O)C1CCCC(Nc2ccc(F)cc2C)C1. The molecule has 0 aromatic heterocycles. The molecule has 110 valence electrons. The average Bonchev–Trinajstić information content (AvgIpc) is 2.43. The van der Waals surface area contributed by atoms with Gasteiger partial charge in [-0.25, -0.2) is 4.39 Å². The van der Waals surface area contributed by atoms with Crippen molar-refractivity contribution in [3.8, 4) is 0 Å². The molecule has 1 aliphatic rings. The van der Waals surface area contributed by atoms with Gasteiger partial charge in [0.2, 0.25) is 0 Å². The van der Waals surface area contributed by atoms with E-state index in [0.29, 0.717) is 6.61 Å². The molecule has 2 unspecified atom stereocenters. The number of nitrogens with one attached hydrogen (secondary N) is 1. The fraction of sp³-hybridized carbons (Fsp3) is 0.562. The maximum atomic E-state index is 13.1. The Labute approximate surface area is 119 Å². The Morgan fingerprint density at radius 3 is 2.95 bits per heavy atom. The molecule has 2 rings (SSSR count). The Bertz CT molecular complexity index is 476. The van der Waals surface area contributed by atoms with Gasteiger partial charge in [-0.1, -0.05) is 6.42 Å². The molecule has 20 heavy (non-hydrogen) atoms. The second kappa shape index (κ2) is 6.73. The van der Waals surface area contributed by atoms with Gasteiger partial charge in [0.1, 0.15) is 5.82 Å². The van der Waals surface area contributed by atoms with Crippen molar-refractivity contribution < 1.29 is 13.9 Å². The third-order valence-corrected chi connectivity index (χ3v) is 3.84. The van der Waals surface area contributed by atoms with Crippen LogP contribution in [0, 0.1) is 18.7 Å². The first-order valence-corrected chi connectivity index (χ1v) is 7.29. The summed E-state index contributed by atoms with van der Waals surface area (Å²) in [7, 11) is 0. The van der Waals surface area contributed by atoms with Crippen LogP contribution in [-0.4, -0.2) is 18.6 Å². The van der Waals surface area contributed by atoms with Crippen LogP contribution in [-0.2, 0) is 9.53 Å². The molecule has 1 aromatic rings. The molecule has 0 radical (unpaired) electrons.